The molecule has 76 heavy (non-hydrogen) atoms. The van der Waals surface area contributed by atoms with E-state index in [-0.39, 0.29) is 31.1 Å². The van der Waals surface area contributed by atoms with E-state index in [1.165, 1.54) is 244 Å². The van der Waals surface area contributed by atoms with Gasteiger partial charge in [-0.05, 0) is 70.6 Å². The normalized spacial score (nSPS) is 12.2. The Morgan fingerprint density at radius 2 is 0.487 bits per heavy atom. The molecule has 0 aromatic carbocycles. The molecule has 0 spiro atoms. The molecule has 0 amide bonds. The van der Waals surface area contributed by atoms with Gasteiger partial charge in [-0.1, -0.05) is 320 Å². The van der Waals surface area contributed by atoms with Crippen molar-refractivity contribution in [3.63, 3.8) is 0 Å². The molecule has 0 aliphatic carbocycles. The van der Waals surface area contributed by atoms with E-state index < -0.39 is 6.10 Å². The van der Waals surface area contributed by atoms with Gasteiger partial charge in [0.1, 0.15) is 13.2 Å². The van der Waals surface area contributed by atoms with Crippen molar-refractivity contribution in [2.45, 2.75) is 380 Å². The molecule has 0 aliphatic rings. The lowest BCUT2D eigenvalue weighted by atomic mass is 10.0. The molecule has 6 heteroatoms. The topological polar surface area (TPSA) is 78.9 Å². The smallest absolute Gasteiger partial charge is 0.306 e. The van der Waals surface area contributed by atoms with Crippen molar-refractivity contribution in [2.75, 3.05) is 13.2 Å². The number of allylic oxidation sites excluding steroid dienone is 6. The van der Waals surface area contributed by atoms with E-state index in [0.29, 0.717) is 19.3 Å². The summed E-state index contributed by atoms with van der Waals surface area (Å²) in [5.41, 5.74) is 0. The number of carbonyl (C=O) groups excluding carboxylic acids is 3. The summed E-state index contributed by atoms with van der Waals surface area (Å²) in [6, 6.07) is 0. The minimum Gasteiger partial charge on any atom is -0.462 e. The summed E-state index contributed by atoms with van der Waals surface area (Å²) in [6.45, 7) is 6.63. The Labute approximate surface area is 474 Å². The summed E-state index contributed by atoms with van der Waals surface area (Å²) in [5, 5.41) is 0. The van der Waals surface area contributed by atoms with Gasteiger partial charge in [0.2, 0.25) is 0 Å². The van der Waals surface area contributed by atoms with Crippen LogP contribution < -0.4 is 0 Å². The molecule has 1 unspecified atom stereocenters. The van der Waals surface area contributed by atoms with Gasteiger partial charge in [-0.25, -0.2) is 0 Å². The zero-order chi connectivity index (χ0) is 55.0. The highest BCUT2D eigenvalue weighted by Crippen LogP contribution is 2.18. The van der Waals surface area contributed by atoms with E-state index in [0.717, 1.165) is 89.9 Å². The lowest BCUT2D eigenvalue weighted by Crippen LogP contribution is -2.30. The quantitative estimate of drug-likeness (QED) is 0.0261. The number of rotatable bonds is 63. The zero-order valence-corrected chi connectivity index (χ0v) is 51.3. The molecule has 0 aromatic rings. The average molecular weight is 1070 g/mol. The fraction of sp³-hybridized carbons (Fsp3) is 0.871. The van der Waals surface area contributed by atoms with Gasteiger partial charge >= 0.3 is 17.9 Å². The van der Waals surface area contributed by atoms with E-state index >= 15 is 0 Å². The molecule has 0 rings (SSSR count). The number of unbranched alkanes of at least 4 members (excludes halogenated alkanes) is 46. The van der Waals surface area contributed by atoms with E-state index in [4.69, 9.17) is 14.2 Å². The van der Waals surface area contributed by atoms with Crippen LogP contribution in [0, 0.1) is 0 Å². The van der Waals surface area contributed by atoms with Crippen LogP contribution in [0.25, 0.3) is 0 Å². The molecular formula is C70H130O6. The lowest BCUT2D eigenvalue weighted by molar-refractivity contribution is -0.167. The highest BCUT2D eigenvalue weighted by atomic mass is 16.6. The molecule has 0 aliphatic heterocycles. The Hall–Kier alpha value is -2.37. The Bertz CT molecular complexity index is 1270. The van der Waals surface area contributed by atoms with Gasteiger partial charge in [0.25, 0.3) is 0 Å². The molecule has 1 atom stereocenters. The fourth-order valence-corrected chi connectivity index (χ4v) is 10.2. The largest absolute Gasteiger partial charge is 0.462 e. The summed E-state index contributed by atoms with van der Waals surface area (Å²) >= 11 is 0. The monoisotopic (exact) mass is 1070 g/mol. The van der Waals surface area contributed by atoms with Crippen molar-refractivity contribution in [1.82, 2.24) is 0 Å². The number of ether oxygens (including phenoxy) is 3. The average Bonchev–Trinajstić information content (AvgIpc) is 3.42. The van der Waals surface area contributed by atoms with Gasteiger partial charge in [-0.2, -0.15) is 0 Å². The SMILES string of the molecule is CCCC/C=C\C/C=C\CCCCCCCC(=O)OC(COC(=O)CCCCCCC/C=C\CCCCCCC)COC(=O)CCCCCCCCCCCCCCCCCCCCCCCCCCCCCCCC. The first kappa shape index (κ1) is 73.6. The Morgan fingerprint density at radius 1 is 0.263 bits per heavy atom. The van der Waals surface area contributed by atoms with Crippen LogP contribution in [0.3, 0.4) is 0 Å². The molecule has 0 radical (unpaired) electrons. The van der Waals surface area contributed by atoms with Crippen LogP contribution in [0.15, 0.2) is 36.5 Å². The first-order valence-corrected chi connectivity index (χ1v) is 34.0. The third kappa shape index (κ3) is 62.5. The molecule has 0 saturated carbocycles. The number of hydrogen-bond donors (Lipinski definition) is 0. The molecule has 0 saturated heterocycles. The minimum atomic E-state index is -0.781. The van der Waals surface area contributed by atoms with Gasteiger partial charge in [0.05, 0.1) is 0 Å². The summed E-state index contributed by atoms with van der Waals surface area (Å²) < 4.78 is 16.9. The van der Waals surface area contributed by atoms with Crippen molar-refractivity contribution in [2.24, 2.45) is 0 Å². The minimum absolute atomic E-state index is 0.0766. The maximum atomic E-state index is 12.9. The van der Waals surface area contributed by atoms with E-state index in [1.807, 2.05) is 0 Å². The van der Waals surface area contributed by atoms with Crippen molar-refractivity contribution >= 4 is 17.9 Å². The molecule has 0 fully saturated rings. The van der Waals surface area contributed by atoms with Crippen LogP contribution in [0.2, 0.25) is 0 Å². The Morgan fingerprint density at radius 3 is 0.776 bits per heavy atom. The summed E-state index contributed by atoms with van der Waals surface area (Å²) in [6.07, 6.45) is 80.4. The third-order valence-corrected chi connectivity index (χ3v) is 15.4. The fourth-order valence-electron chi connectivity index (χ4n) is 10.2. The van der Waals surface area contributed by atoms with Crippen LogP contribution in [0.1, 0.15) is 374 Å². The summed E-state index contributed by atoms with van der Waals surface area (Å²) in [4.78, 5) is 38.3. The molecule has 0 bridgehead atoms. The van der Waals surface area contributed by atoms with Gasteiger partial charge in [0, 0.05) is 19.3 Å². The lowest BCUT2D eigenvalue weighted by Gasteiger charge is -2.18. The van der Waals surface area contributed by atoms with Crippen LogP contribution in [0.5, 0.6) is 0 Å². The van der Waals surface area contributed by atoms with Crippen molar-refractivity contribution in [3.8, 4) is 0 Å². The van der Waals surface area contributed by atoms with Crippen LogP contribution >= 0.6 is 0 Å². The molecular weight excluding hydrogens is 937 g/mol. The summed E-state index contributed by atoms with van der Waals surface area (Å²) in [5.74, 6) is -0.877. The highest BCUT2D eigenvalue weighted by Gasteiger charge is 2.19. The highest BCUT2D eigenvalue weighted by molar-refractivity contribution is 5.71. The maximum absolute atomic E-state index is 12.9. The number of hydrogen-bond acceptors (Lipinski definition) is 6. The van der Waals surface area contributed by atoms with Crippen molar-refractivity contribution in [1.29, 1.82) is 0 Å². The molecule has 0 N–H and O–H groups in total. The molecule has 446 valence electrons. The predicted octanol–water partition coefficient (Wildman–Crippen LogP) is 23.2. The molecule has 6 nitrogen and oxygen atoms in total. The van der Waals surface area contributed by atoms with Gasteiger partial charge in [-0.15, -0.1) is 0 Å². The van der Waals surface area contributed by atoms with E-state index in [2.05, 4.69) is 57.2 Å². The van der Waals surface area contributed by atoms with Crippen molar-refractivity contribution < 1.29 is 28.6 Å². The Balaban J connectivity index is 4.13. The van der Waals surface area contributed by atoms with Gasteiger partial charge in [0.15, 0.2) is 6.10 Å². The first-order valence-electron chi connectivity index (χ1n) is 34.0. The van der Waals surface area contributed by atoms with Crippen LogP contribution in [0.4, 0.5) is 0 Å². The molecule has 0 aromatic heterocycles. The summed E-state index contributed by atoms with van der Waals surface area (Å²) in [7, 11) is 0. The predicted molar refractivity (Wildman–Crippen MR) is 330 cm³/mol. The van der Waals surface area contributed by atoms with Gasteiger partial charge in [-0.3, -0.25) is 14.4 Å². The maximum Gasteiger partial charge on any atom is 0.306 e. The van der Waals surface area contributed by atoms with E-state index in [9.17, 15) is 14.4 Å². The van der Waals surface area contributed by atoms with Crippen LogP contribution in [-0.2, 0) is 28.6 Å². The van der Waals surface area contributed by atoms with Crippen LogP contribution in [-0.4, -0.2) is 37.2 Å². The second-order valence-corrected chi connectivity index (χ2v) is 23.1. The zero-order valence-electron chi connectivity index (χ0n) is 51.3. The molecule has 0 heterocycles. The third-order valence-electron chi connectivity index (χ3n) is 15.4. The Kier molecular flexibility index (Phi) is 63.1. The number of carbonyl (C=O) groups is 3. The van der Waals surface area contributed by atoms with Gasteiger partial charge < -0.3 is 14.2 Å². The second-order valence-electron chi connectivity index (χ2n) is 23.1. The van der Waals surface area contributed by atoms with E-state index in [1.54, 1.807) is 0 Å². The standard InChI is InChI=1S/C70H130O6/c1-4-7-10-13-16-19-22-25-28-29-30-31-32-33-34-35-36-37-38-39-40-41-42-43-46-48-51-54-57-60-63-69(72)75-66-67(76-70(73)64-61-58-55-52-49-45-27-24-21-18-15-12-9-6-3)65-74-68(71)62-59-56-53-50-47-44-26-23-20-17-14-11-8-5-2/h15,18,23-24,26-27,67H,4-14,16-17,19-22,25,28-66H2,1-3H3/b18-15-,26-23-,27-24-. The second kappa shape index (κ2) is 65.2. The first-order chi connectivity index (χ1) is 37.5. The van der Waals surface area contributed by atoms with Crippen molar-refractivity contribution in [3.05, 3.63) is 36.5 Å². The number of esters is 3.